The van der Waals surface area contributed by atoms with Gasteiger partial charge in [0.15, 0.2) is 0 Å². The molecular weight excluding hydrogens is 2400 g/mol. The fourth-order valence-electron chi connectivity index (χ4n) is 1.26. The van der Waals surface area contributed by atoms with Crippen LogP contribution in [0.4, 0.5) is 0 Å². The molecule has 0 spiro atoms. The van der Waals surface area contributed by atoms with Gasteiger partial charge in [0.2, 0.25) is 5.91 Å². The van der Waals surface area contributed by atoms with Gasteiger partial charge in [-0.05, 0) is 162 Å². The molecule has 554 valence electrons. The van der Waals surface area contributed by atoms with Gasteiger partial charge in [0.1, 0.15) is 5.78 Å². The zero-order valence-corrected chi connectivity index (χ0v) is 101. The molecule has 27 atom stereocenters. The van der Waals surface area contributed by atoms with Gasteiger partial charge < -0.3 is 31.9 Å². The number of ether oxygens (including phenoxy) is 1. The van der Waals surface area contributed by atoms with Gasteiger partial charge in [-0.25, -0.2) is 9.86 Å². The zero-order chi connectivity index (χ0) is 74.7. The molecule has 0 rings (SSSR count). The summed E-state index contributed by atoms with van der Waals surface area (Å²) < 4.78 is 120. The normalized spacial score (nSPS) is 12.4. The molecule has 91 heavy (non-hydrogen) atoms. The SMILES string of the molecule is CC(=O)OC(C)=O.CC(C)=O.CO.COS(=O)(=O)Cl.COS(=O)(=O)N=[N+]=[N-].COS(=O)(=O)NC(C)=O.COS(N)(=O)=O.N.O=S(=O)(Cl)Cl.PP(P)P(P)P(I)P(P)P.PP(P)P(P)P(P)P.PPP(P(P)P)P(I)P(P)P.PPP(P)P(I)P(P)P.S.[N-]=[N+]=[N-].[Na+]. The Kier molecular flexibility index (Phi) is 151. The van der Waals surface area contributed by atoms with E-state index in [1.165, 1.54) is 32.6 Å². The van der Waals surface area contributed by atoms with Crippen LogP contribution >= 0.6 is 389 Å². The number of nitrogens with two attached hydrogens (primary N) is 1. The number of nitrogens with zero attached hydrogens (tertiary/aromatic N) is 6. The third kappa shape index (κ3) is 159. The second kappa shape index (κ2) is 94.7. The number of carbonyl (C=O) groups is 4. The molecule has 0 aliphatic heterocycles. The first kappa shape index (κ1) is 145. The monoisotopic (exact) mass is 2480 g/mol. The van der Waals surface area contributed by atoms with Crippen LogP contribution in [0.2, 0.25) is 0 Å². The quantitative estimate of drug-likeness (QED) is 0.0114. The summed E-state index contributed by atoms with van der Waals surface area (Å²) in [6.07, 6.45) is 0. The van der Waals surface area contributed by atoms with Crippen LogP contribution in [0.1, 0.15) is 34.6 Å². The molecule has 0 aliphatic rings. The minimum absolute atomic E-state index is 0. The minimum Gasteiger partial charge on any atom is -0.400 e. The van der Waals surface area contributed by atoms with Gasteiger partial charge in [0.25, 0.3) is 0 Å². The molecule has 0 saturated carbocycles. The molecule has 0 aromatic carbocycles. The van der Waals surface area contributed by atoms with Crippen LogP contribution in [0, 0.1) is 0 Å². The Morgan fingerprint density at radius 2 is 0.813 bits per heavy atom. The number of Topliss-reactive ketones (excluding diaryl/α,β-unsaturated/α-hetero) is 1. The number of rotatable bonds is 18. The summed E-state index contributed by atoms with van der Waals surface area (Å²) in [5, 5.41) is 11.3. The van der Waals surface area contributed by atoms with E-state index in [4.69, 9.17) is 30.1 Å². The Bertz CT molecular complexity index is 2360. The van der Waals surface area contributed by atoms with Crippen LogP contribution in [0.3, 0.4) is 0 Å². The number of hydrogen-bond acceptors (Lipinski definition) is 21. The Hall–Kier alpha value is 15.8. The van der Waals surface area contributed by atoms with Crippen molar-refractivity contribution in [1.82, 2.24) is 10.9 Å². The summed E-state index contributed by atoms with van der Waals surface area (Å²) in [5.74, 6) is -1.63. The zero-order valence-electron chi connectivity index (χ0n) is 48.7. The van der Waals surface area contributed by atoms with E-state index in [0.717, 1.165) is 58.4 Å². The van der Waals surface area contributed by atoms with Gasteiger partial charge in [-0.2, -0.15) is 55.6 Å². The van der Waals surface area contributed by atoms with Gasteiger partial charge in [-0.15, -0.1) is 170 Å². The molecule has 0 aromatic rings. The van der Waals surface area contributed by atoms with E-state index in [9.17, 15) is 52.8 Å². The number of aliphatic hydroxyl groups excluding tert-OH is 1. The van der Waals surface area contributed by atoms with Crippen molar-refractivity contribution in [3.05, 3.63) is 26.4 Å². The minimum atomic E-state index is -3.96. The first-order chi connectivity index (χ1) is 39.1. The van der Waals surface area contributed by atoms with Gasteiger partial charge in [-0.3, -0.25) is 36.0 Å². The first-order valence-corrected chi connectivity index (χ1v) is 96.8. The van der Waals surface area contributed by atoms with Crippen LogP contribution in [0.25, 0.3) is 26.4 Å². The van der Waals surface area contributed by atoms with Crippen molar-refractivity contribution in [2.45, 2.75) is 34.6 Å². The van der Waals surface area contributed by atoms with Gasteiger partial charge in [0.05, 0.1) is 33.0 Å². The number of amides is 1. The van der Waals surface area contributed by atoms with Crippen molar-refractivity contribution in [3.8, 4) is 0 Å². The molecule has 77 heteroatoms. The van der Waals surface area contributed by atoms with E-state index in [0.29, 0.717) is 6.99 Å². The smallest absolute Gasteiger partial charge is 0.400 e. The number of carbonyl (C=O) groups excluding carboxylic acids is 4. The molecule has 1 amide bonds. The molecule has 0 radical (unpaired) electrons. The van der Waals surface area contributed by atoms with Crippen LogP contribution in [-0.2, 0) is 89.2 Å². The number of esters is 2. The molecule has 0 aromatic heterocycles. The summed E-state index contributed by atoms with van der Waals surface area (Å²) in [7, 11) is 56.8. The standard InChI is InChI=1S/C4H6O3.C3H7NO4S.C3H6O.CH3ClO3S.CH3N3O3S.CH5NO3S.CH4O.Cl2O2S.H11IP10.H10IP9.H9IP8.N3.H3N.Na.H10P8.H2S/c1-3(5)7-4(2)6;1-3(5)4-9(6,7)8-2;1-3(2)4;1-5-6(2,3)4;1-7-8(5,6)4-3-2;1-5-6(2,3)4;1-2;1-5(2,3)4;1-8(9(3)4)11(7-2)10(5)6;1-7(8(2)3)10(6)9(4)5;1-7(8(3)4)9(5)6-2;1-3-2;;;1-6(2)8(5)7(3)4;/h1-2H3;1-2H3,(H,4,5);1-2H3;1H3;1H3;1H3,(H2,2,3,4);2H,1H3;;7H,2-6H2;2-6H2;6H,2-5H2;;1H3;;1-5H2;1H2/q;;;;;;;;;;;-1;;+1;;. The van der Waals surface area contributed by atoms with E-state index in [1.807, 2.05) is 4.91 Å². The summed E-state index contributed by atoms with van der Waals surface area (Å²) in [5.41, 5.74) is 21.0. The van der Waals surface area contributed by atoms with Crippen LogP contribution in [0.15, 0.2) is 4.52 Å². The van der Waals surface area contributed by atoms with Crippen molar-refractivity contribution >= 4 is 461 Å². The van der Waals surface area contributed by atoms with Gasteiger partial charge in [-0.1, -0.05) is 15.9 Å². The van der Waals surface area contributed by atoms with Crippen LogP contribution in [0.5, 0.6) is 0 Å². The van der Waals surface area contributed by atoms with Gasteiger partial charge in [0, 0.05) is 79.7 Å². The maximum atomic E-state index is 10.3. The maximum absolute atomic E-state index is 10.3. The summed E-state index contributed by atoms with van der Waals surface area (Å²) in [6.45, 7) is 8.56. The van der Waals surface area contributed by atoms with Crippen molar-refractivity contribution in [1.29, 1.82) is 0 Å². The third-order valence-electron chi connectivity index (χ3n) is 3.81. The van der Waals surface area contributed by atoms with E-state index in [-0.39, 0.29) is 140 Å². The number of halogens is 6. The predicted octanol–water partition coefficient (Wildman–Crippen LogP) is 19.4. The molecule has 29 nitrogen and oxygen atoms in total. The van der Waals surface area contributed by atoms with Crippen LogP contribution < -0.4 is 45.6 Å². The molecule has 0 fully saturated rings. The van der Waals surface area contributed by atoms with Crippen molar-refractivity contribution in [2.75, 3.05) is 35.5 Å². The summed E-state index contributed by atoms with van der Waals surface area (Å²) >= 11 is 7.91. The van der Waals surface area contributed by atoms with E-state index >= 15 is 0 Å². The van der Waals surface area contributed by atoms with E-state index in [1.54, 1.807) is 4.72 Å². The molecular formula is C14H79Cl3I3N9NaO20P35S6. The van der Waals surface area contributed by atoms with E-state index < -0.39 is 66.4 Å². The third-order valence-corrected chi connectivity index (χ3v) is 236. The second-order valence-corrected chi connectivity index (χ2v) is 164. The van der Waals surface area contributed by atoms with Crippen molar-refractivity contribution in [2.24, 2.45) is 9.66 Å². The number of nitrogens with one attached hydrogen (secondary N) is 1. The predicted molar refractivity (Wildman–Crippen MR) is 530 cm³/mol. The average molecular weight is 2480 g/mol. The fraction of sp³-hybridized carbons (Fsp3) is 0.714. The number of azide groups is 1. The maximum Gasteiger partial charge on any atom is 1.00 e. The molecule has 0 saturated heterocycles. The Balaban J connectivity index is -0.0000000484. The summed E-state index contributed by atoms with van der Waals surface area (Å²) in [4.78, 5) is 43.4. The molecule has 0 bridgehead atoms. The molecule has 27 unspecified atom stereocenters. The molecule has 0 aliphatic carbocycles. The largest absolute Gasteiger partial charge is 1.00 e. The van der Waals surface area contributed by atoms with Gasteiger partial charge >= 0.3 is 90.0 Å². The molecule has 0 heterocycles. The van der Waals surface area contributed by atoms with Crippen LogP contribution in [-0.4, -0.2) is 106 Å². The Morgan fingerprint density at radius 3 is 0.868 bits per heavy atom. The molecule has 7 N–H and O–H groups in total. The average Bonchev–Trinajstić information content (AvgIpc) is 3.35. The van der Waals surface area contributed by atoms with Crippen molar-refractivity contribution in [3.63, 3.8) is 0 Å². The number of ketones is 1. The number of aliphatic hydroxyl groups is 1. The fourth-order valence-corrected chi connectivity index (χ4v) is 224. The Labute approximate surface area is 685 Å². The first-order valence-electron chi connectivity index (χ1n) is 18.2. The van der Waals surface area contributed by atoms with E-state index in [2.05, 4.69) is 299 Å². The number of hydrogen-bond donors (Lipinski definition) is 4. The second-order valence-electron chi connectivity index (χ2n) is 10.6. The summed E-state index contributed by atoms with van der Waals surface area (Å²) in [6, 6.07) is 0. The topological polar surface area (TPSA) is 486 Å². The van der Waals surface area contributed by atoms with Crippen molar-refractivity contribution < 1.29 is 117 Å². The Morgan fingerprint density at radius 1 is 0.549 bits per heavy atom.